The van der Waals surface area contributed by atoms with Crippen LogP contribution in [0.25, 0.3) is 0 Å². The molecule has 0 fully saturated rings. The van der Waals surface area contributed by atoms with Crippen LogP contribution < -0.4 is 11.1 Å². The minimum absolute atomic E-state index is 0.0706. The zero-order valence-electron chi connectivity index (χ0n) is 14.3. The number of para-hydroxylation sites is 1. The summed E-state index contributed by atoms with van der Waals surface area (Å²) in [5.74, 6) is 0.0706. The third kappa shape index (κ3) is 6.58. The topological polar surface area (TPSA) is 58.4 Å². The quantitative estimate of drug-likeness (QED) is 0.653. The van der Waals surface area contributed by atoms with Gasteiger partial charge in [0.05, 0.1) is 6.54 Å². The summed E-state index contributed by atoms with van der Waals surface area (Å²) in [5, 5.41) is 3.06. The Morgan fingerprint density at radius 2 is 1.77 bits per heavy atom. The molecule has 0 saturated carbocycles. The van der Waals surface area contributed by atoms with Crippen molar-refractivity contribution in [1.29, 1.82) is 0 Å². The minimum atomic E-state index is 0.0706. The molecule has 22 heavy (non-hydrogen) atoms. The van der Waals surface area contributed by atoms with Crippen molar-refractivity contribution in [3.8, 4) is 0 Å². The van der Waals surface area contributed by atoms with Crippen LogP contribution in [0.1, 0.15) is 43.7 Å². The first-order valence-electron chi connectivity index (χ1n) is 8.37. The SMILES string of the molecule is CCN(CCCCCCN)CC(=O)Nc1c(C)cccc1C. The second-order valence-electron chi connectivity index (χ2n) is 5.89. The fourth-order valence-corrected chi connectivity index (χ4v) is 2.58. The molecule has 0 atom stereocenters. The molecule has 0 aliphatic rings. The Hall–Kier alpha value is -1.39. The van der Waals surface area contributed by atoms with E-state index in [4.69, 9.17) is 5.73 Å². The normalized spacial score (nSPS) is 11.0. The standard InChI is InChI=1S/C18H31N3O/c1-4-21(13-8-6-5-7-12-19)14-17(22)20-18-15(2)10-9-11-16(18)3/h9-11H,4-8,12-14,19H2,1-3H3,(H,20,22). The first kappa shape index (κ1) is 18.7. The van der Waals surface area contributed by atoms with Crippen LogP contribution in [0.5, 0.6) is 0 Å². The number of hydrogen-bond donors (Lipinski definition) is 2. The molecule has 0 heterocycles. The summed E-state index contributed by atoms with van der Waals surface area (Å²) in [6.07, 6.45) is 4.60. The van der Waals surface area contributed by atoms with Crippen molar-refractivity contribution >= 4 is 11.6 Å². The number of unbranched alkanes of at least 4 members (excludes halogenated alkanes) is 3. The summed E-state index contributed by atoms with van der Waals surface area (Å²) in [7, 11) is 0. The lowest BCUT2D eigenvalue weighted by Crippen LogP contribution is -2.34. The van der Waals surface area contributed by atoms with Crippen LogP contribution >= 0.6 is 0 Å². The summed E-state index contributed by atoms with van der Waals surface area (Å²) in [4.78, 5) is 14.5. The van der Waals surface area contributed by atoms with Crippen LogP contribution in [0, 0.1) is 13.8 Å². The molecule has 0 saturated heterocycles. The molecular formula is C18H31N3O. The maximum atomic E-state index is 12.3. The second-order valence-corrected chi connectivity index (χ2v) is 5.89. The van der Waals surface area contributed by atoms with Gasteiger partial charge in [0, 0.05) is 5.69 Å². The molecule has 0 aromatic heterocycles. The minimum Gasteiger partial charge on any atom is -0.330 e. The number of aryl methyl sites for hydroxylation is 2. The van der Waals surface area contributed by atoms with Gasteiger partial charge in [-0.3, -0.25) is 9.69 Å². The van der Waals surface area contributed by atoms with Gasteiger partial charge in [0.2, 0.25) is 5.91 Å². The molecule has 0 bridgehead atoms. The predicted molar refractivity (Wildman–Crippen MR) is 94.2 cm³/mol. The first-order valence-corrected chi connectivity index (χ1v) is 8.37. The van der Waals surface area contributed by atoms with Gasteiger partial charge in [0.15, 0.2) is 0 Å². The van der Waals surface area contributed by atoms with Crippen molar-refractivity contribution in [2.45, 2.75) is 46.5 Å². The smallest absolute Gasteiger partial charge is 0.238 e. The van der Waals surface area contributed by atoms with E-state index in [0.29, 0.717) is 6.54 Å². The highest BCUT2D eigenvalue weighted by molar-refractivity contribution is 5.93. The van der Waals surface area contributed by atoms with E-state index < -0.39 is 0 Å². The molecule has 1 amide bonds. The Morgan fingerprint density at radius 1 is 1.14 bits per heavy atom. The zero-order chi connectivity index (χ0) is 16.4. The number of nitrogens with zero attached hydrogens (tertiary/aromatic N) is 1. The molecule has 0 aliphatic carbocycles. The summed E-state index contributed by atoms with van der Waals surface area (Å²) in [6, 6.07) is 6.06. The van der Waals surface area contributed by atoms with Gasteiger partial charge in [-0.05, 0) is 57.5 Å². The number of rotatable bonds is 10. The van der Waals surface area contributed by atoms with Crippen LogP contribution in [0.15, 0.2) is 18.2 Å². The molecule has 0 radical (unpaired) electrons. The molecule has 124 valence electrons. The van der Waals surface area contributed by atoms with Crippen molar-refractivity contribution in [2.75, 3.05) is 31.5 Å². The third-order valence-corrected chi connectivity index (χ3v) is 3.99. The highest BCUT2D eigenvalue weighted by Crippen LogP contribution is 2.19. The fourth-order valence-electron chi connectivity index (χ4n) is 2.58. The number of carbonyl (C=O) groups excluding carboxylic acids is 1. The highest BCUT2D eigenvalue weighted by atomic mass is 16.2. The van der Waals surface area contributed by atoms with Crippen molar-refractivity contribution in [2.24, 2.45) is 5.73 Å². The Kier molecular flexibility index (Phi) is 8.78. The summed E-state index contributed by atoms with van der Waals surface area (Å²) in [6.45, 7) is 9.26. The van der Waals surface area contributed by atoms with Crippen LogP contribution in [0.2, 0.25) is 0 Å². The molecule has 0 unspecified atom stereocenters. The van der Waals surface area contributed by atoms with Gasteiger partial charge in [-0.1, -0.05) is 38.0 Å². The molecular weight excluding hydrogens is 274 g/mol. The van der Waals surface area contributed by atoms with E-state index >= 15 is 0 Å². The van der Waals surface area contributed by atoms with Gasteiger partial charge in [-0.15, -0.1) is 0 Å². The lowest BCUT2D eigenvalue weighted by atomic mass is 10.1. The summed E-state index contributed by atoms with van der Waals surface area (Å²) >= 11 is 0. The first-order chi connectivity index (χ1) is 10.6. The zero-order valence-corrected chi connectivity index (χ0v) is 14.3. The molecule has 4 nitrogen and oxygen atoms in total. The van der Waals surface area contributed by atoms with Crippen LogP contribution in [0.3, 0.4) is 0 Å². The van der Waals surface area contributed by atoms with Gasteiger partial charge >= 0.3 is 0 Å². The average molecular weight is 305 g/mol. The highest BCUT2D eigenvalue weighted by Gasteiger charge is 2.11. The number of carbonyl (C=O) groups is 1. The van der Waals surface area contributed by atoms with Crippen molar-refractivity contribution in [1.82, 2.24) is 4.90 Å². The predicted octanol–water partition coefficient (Wildman–Crippen LogP) is 3.08. The number of anilines is 1. The molecule has 1 rings (SSSR count). The Morgan fingerprint density at radius 3 is 2.36 bits per heavy atom. The molecule has 1 aromatic carbocycles. The number of nitrogens with two attached hydrogens (primary N) is 1. The van der Waals surface area contributed by atoms with E-state index in [-0.39, 0.29) is 5.91 Å². The third-order valence-electron chi connectivity index (χ3n) is 3.99. The largest absolute Gasteiger partial charge is 0.330 e. The Labute approximate surface area is 135 Å². The van der Waals surface area contributed by atoms with E-state index in [1.54, 1.807) is 0 Å². The van der Waals surface area contributed by atoms with Gasteiger partial charge in [-0.25, -0.2) is 0 Å². The van der Waals surface area contributed by atoms with Gasteiger partial charge in [0.25, 0.3) is 0 Å². The lowest BCUT2D eigenvalue weighted by Gasteiger charge is -2.20. The van der Waals surface area contributed by atoms with Crippen molar-refractivity contribution < 1.29 is 4.79 Å². The van der Waals surface area contributed by atoms with Crippen molar-refractivity contribution in [3.05, 3.63) is 29.3 Å². The molecule has 1 aromatic rings. The van der Waals surface area contributed by atoms with E-state index in [2.05, 4.69) is 17.1 Å². The molecule has 4 heteroatoms. The van der Waals surface area contributed by atoms with Gasteiger partial charge < -0.3 is 11.1 Å². The summed E-state index contributed by atoms with van der Waals surface area (Å²) in [5.41, 5.74) is 8.67. The number of benzene rings is 1. The number of nitrogens with one attached hydrogen (secondary N) is 1. The maximum Gasteiger partial charge on any atom is 0.238 e. The Balaban J connectivity index is 2.41. The Bertz CT molecular complexity index is 439. The van der Waals surface area contributed by atoms with E-state index in [1.165, 1.54) is 12.8 Å². The monoisotopic (exact) mass is 305 g/mol. The van der Waals surface area contributed by atoms with E-state index in [9.17, 15) is 4.79 Å². The fraction of sp³-hybridized carbons (Fsp3) is 0.611. The second kappa shape index (κ2) is 10.4. The number of amides is 1. The molecule has 0 aliphatic heterocycles. The average Bonchev–Trinajstić information content (AvgIpc) is 2.49. The van der Waals surface area contributed by atoms with Crippen LogP contribution in [0.4, 0.5) is 5.69 Å². The number of hydrogen-bond acceptors (Lipinski definition) is 3. The van der Waals surface area contributed by atoms with Crippen molar-refractivity contribution in [3.63, 3.8) is 0 Å². The molecule has 3 N–H and O–H groups in total. The van der Waals surface area contributed by atoms with Gasteiger partial charge in [-0.2, -0.15) is 0 Å². The van der Waals surface area contributed by atoms with E-state index in [1.807, 2.05) is 32.0 Å². The van der Waals surface area contributed by atoms with Crippen LogP contribution in [-0.4, -0.2) is 37.0 Å². The van der Waals surface area contributed by atoms with Gasteiger partial charge in [0.1, 0.15) is 0 Å². The van der Waals surface area contributed by atoms with Crippen LogP contribution in [-0.2, 0) is 4.79 Å². The lowest BCUT2D eigenvalue weighted by molar-refractivity contribution is -0.117. The maximum absolute atomic E-state index is 12.3. The molecule has 0 spiro atoms. The number of likely N-dealkylation sites (N-methyl/N-ethyl adjacent to an activating group) is 1. The van der Waals surface area contributed by atoms with E-state index in [0.717, 1.165) is 49.3 Å². The summed E-state index contributed by atoms with van der Waals surface area (Å²) < 4.78 is 0.